The molecule has 0 aliphatic carbocycles. The molecule has 0 bridgehead atoms. The van der Waals surface area contributed by atoms with Crippen LogP contribution in [0, 0.1) is 0 Å². The number of nitrogens with one attached hydrogen (secondary N) is 1. The van der Waals surface area contributed by atoms with Crippen molar-refractivity contribution < 1.29 is 0 Å². The number of H-pyrrole nitrogens is 1. The molecule has 0 saturated heterocycles. The Morgan fingerprint density at radius 3 is 2.70 bits per heavy atom. The highest BCUT2D eigenvalue weighted by molar-refractivity contribution is 9.08. The van der Waals surface area contributed by atoms with Gasteiger partial charge in [-0.3, -0.25) is 4.79 Å². The third kappa shape index (κ3) is 2.66. The maximum atomic E-state index is 10.6. The predicted octanol–water partition coefficient (Wildman–Crippen LogP) is 1.85. The molecular formula is C6H7Br2NO. The van der Waals surface area contributed by atoms with Gasteiger partial charge in [0.2, 0.25) is 5.56 Å². The summed E-state index contributed by atoms with van der Waals surface area (Å²) in [4.78, 5) is 13.1. The third-order valence-electron chi connectivity index (χ3n) is 0.994. The first-order valence-corrected chi connectivity index (χ1v) is 3.68. The average molecular weight is 269 g/mol. The summed E-state index contributed by atoms with van der Waals surface area (Å²) in [7, 11) is 0. The van der Waals surface area contributed by atoms with Crippen molar-refractivity contribution in [3.05, 3.63) is 34.2 Å². The summed E-state index contributed by atoms with van der Waals surface area (Å²) in [6, 6.07) is 3.42. The number of halogens is 2. The van der Waals surface area contributed by atoms with Gasteiger partial charge in [0.15, 0.2) is 0 Å². The molecule has 1 heterocycles. The molecule has 4 heteroatoms. The van der Waals surface area contributed by atoms with Crippen molar-refractivity contribution in [1.29, 1.82) is 0 Å². The molecule has 0 aliphatic heterocycles. The fraction of sp³-hybridized carbons (Fsp3) is 0.167. The molecule has 2 nitrogen and oxygen atoms in total. The van der Waals surface area contributed by atoms with Crippen LogP contribution in [0.5, 0.6) is 0 Å². The Balaban J connectivity index is 0.000000810. The van der Waals surface area contributed by atoms with Crippen molar-refractivity contribution >= 4 is 32.9 Å². The standard InChI is InChI=1S/C6H6BrNO.BrH/c7-4-5-1-2-8-6(9)3-5;/h1-3H,4H2,(H,8,9);1H. The van der Waals surface area contributed by atoms with Gasteiger partial charge in [-0.25, -0.2) is 0 Å². The quantitative estimate of drug-likeness (QED) is 0.775. The molecule has 0 aliphatic rings. The number of alkyl halides is 1. The van der Waals surface area contributed by atoms with Crippen LogP contribution in [0.3, 0.4) is 0 Å². The number of aromatic nitrogens is 1. The second-order valence-corrected chi connectivity index (χ2v) is 2.26. The summed E-state index contributed by atoms with van der Waals surface area (Å²) in [5.41, 5.74) is 0.950. The van der Waals surface area contributed by atoms with Crippen LogP contribution in [-0.2, 0) is 5.33 Å². The highest BCUT2D eigenvalue weighted by Gasteiger charge is 1.86. The second kappa shape index (κ2) is 4.68. The smallest absolute Gasteiger partial charge is 0.248 e. The van der Waals surface area contributed by atoms with E-state index in [0.29, 0.717) is 0 Å². The molecule has 10 heavy (non-hydrogen) atoms. The number of pyridine rings is 1. The summed E-state index contributed by atoms with van der Waals surface area (Å²) in [6.07, 6.45) is 1.64. The van der Waals surface area contributed by atoms with Crippen molar-refractivity contribution in [3.63, 3.8) is 0 Å². The highest BCUT2D eigenvalue weighted by atomic mass is 79.9. The van der Waals surface area contributed by atoms with Crippen LogP contribution in [0.25, 0.3) is 0 Å². The molecule has 0 amide bonds. The van der Waals surface area contributed by atoms with Gasteiger partial charge in [0.1, 0.15) is 0 Å². The van der Waals surface area contributed by atoms with Crippen LogP contribution in [0.4, 0.5) is 0 Å². The predicted molar refractivity (Wildman–Crippen MR) is 50.0 cm³/mol. The molecule has 0 saturated carbocycles. The van der Waals surface area contributed by atoms with Gasteiger partial charge in [0.25, 0.3) is 0 Å². The maximum absolute atomic E-state index is 10.6. The van der Waals surface area contributed by atoms with Crippen LogP contribution in [0.1, 0.15) is 5.56 Å². The molecule has 0 fully saturated rings. The zero-order valence-corrected chi connectivity index (χ0v) is 8.43. The van der Waals surface area contributed by atoms with Crippen LogP contribution < -0.4 is 5.56 Å². The lowest BCUT2D eigenvalue weighted by Gasteiger charge is -1.88. The van der Waals surface area contributed by atoms with Crippen molar-refractivity contribution in [2.75, 3.05) is 0 Å². The first-order valence-electron chi connectivity index (χ1n) is 2.56. The zero-order valence-electron chi connectivity index (χ0n) is 5.13. The van der Waals surface area contributed by atoms with Gasteiger partial charge in [0, 0.05) is 17.6 Å². The fourth-order valence-electron chi connectivity index (χ4n) is 0.572. The normalized spacial score (nSPS) is 8.50. The Kier molecular flexibility index (Phi) is 4.64. The molecule has 0 atom stereocenters. The Bertz CT molecular complexity index is 246. The molecule has 0 radical (unpaired) electrons. The van der Waals surface area contributed by atoms with E-state index >= 15 is 0 Å². The minimum absolute atomic E-state index is 0. The van der Waals surface area contributed by atoms with E-state index in [4.69, 9.17) is 0 Å². The minimum atomic E-state index is -0.0491. The molecule has 0 aromatic carbocycles. The van der Waals surface area contributed by atoms with E-state index in [1.54, 1.807) is 12.3 Å². The Morgan fingerprint density at radius 1 is 1.60 bits per heavy atom. The molecule has 0 unspecified atom stereocenters. The highest BCUT2D eigenvalue weighted by Crippen LogP contribution is 1.98. The Morgan fingerprint density at radius 2 is 2.30 bits per heavy atom. The third-order valence-corrected chi connectivity index (χ3v) is 1.64. The largest absolute Gasteiger partial charge is 0.329 e. The molecule has 0 spiro atoms. The first kappa shape index (κ1) is 9.91. The van der Waals surface area contributed by atoms with Gasteiger partial charge < -0.3 is 4.98 Å². The zero-order chi connectivity index (χ0) is 6.69. The Hall–Kier alpha value is -0.0900. The van der Waals surface area contributed by atoms with Crippen molar-refractivity contribution in [1.82, 2.24) is 4.98 Å². The fourth-order valence-corrected chi connectivity index (χ4v) is 0.921. The molecule has 1 N–H and O–H groups in total. The SMILES string of the molecule is Br.O=c1cc(CBr)cc[nH]1. The van der Waals surface area contributed by atoms with E-state index in [1.807, 2.05) is 6.07 Å². The number of hydrogen-bond acceptors (Lipinski definition) is 1. The molecule has 1 aromatic heterocycles. The second-order valence-electron chi connectivity index (χ2n) is 1.69. The lowest BCUT2D eigenvalue weighted by atomic mass is 10.3. The molecule has 1 rings (SSSR count). The minimum Gasteiger partial charge on any atom is -0.329 e. The van der Waals surface area contributed by atoms with E-state index in [1.165, 1.54) is 0 Å². The summed E-state index contributed by atoms with van der Waals surface area (Å²) in [5, 5.41) is 0.733. The van der Waals surface area contributed by atoms with E-state index < -0.39 is 0 Å². The molecule has 1 aromatic rings. The monoisotopic (exact) mass is 267 g/mol. The van der Waals surface area contributed by atoms with E-state index in [9.17, 15) is 4.79 Å². The van der Waals surface area contributed by atoms with Crippen molar-refractivity contribution in [2.24, 2.45) is 0 Å². The number of rotatable bonds is 1. The maximum Gasteiger partial charge on any atom is 0.248 e. The van der Waals surface area contributed by atoms with Gasteiger partial charge >= 0.3 is 0 Å². The van der Waals surface area contributed by atoms with E-state index in [-0.39, 0.29) is 22.5 Å². The Labute approximate surface area is 77.6 Å². The van der Waals surface area contributed by atoms with Crippen LogP contribution in [0.2, 0.25) is 0 Å². The van der Waals surface area contributed by atoms with Gasteiger partial charge in [-0.15, -0.1) is 17.0 Å². The van der Waals surface area contributed by atoms with E-state index in [2.05, 4.69) is 20.9 Å². The molecular weight excluding hydrogens is 262 g/mol. The topological polar surface area (TPSA) is 32.9 Å². The lowest BCUT2D eigenvalue weighted by Crippen LogP contribution is -2.02. The lowest BCUT2D eigenvalue weighted by molar-refractivity contribution is 1.20. The van der Waals surface area contributed by atoms with Gasteiger partial charge in [-0.2, -0.15) is 0 Å². The number of aromatic amines is 1. The summed E-state index contributed by atoms with van der Waals surface area (Å²) in [6.45, 7) is 0. The summed E-state index contributed by atoms with van der Waals surface area (Å²) >= 11 is 3.24. The van der Waals surface area contributed by atoms with Crippen LogP contribution in [0.15, 0.2) is 23.1 Å². The van der Waals surface area contributed by atoms with E-state index in [0.717, 1.165) is 10.9 Å². The van der Waals surface area contributed by atoms with Crippen molar-refractivity contribution in [2.45, 2.75) is 5.33 Å². The number of hydrogen-bond donors (Lipinski definition) is 1. The first-order chi connectivity index (χ1) is 4.33. The van der Waals surface area contributed by atoms with Crippen LogP contribution in [-0.4, -0.2) is 4.98 Å². The van der Waals surface area contributed by atoms with Crippen molar-refractivity contribution in [3.8, 4) is 0 Å². The molecule has 56 valence electrons. The van der Waals surface area contributed by atoms with Crippen LogP contribution >= 0.6 is 32.9 Å². The van der Waals surface area contributed by atoms with Gasteiger partial charge in [-0.1, -0.05) is 15.9 Å². The van der Waals surface area contributed by atoms with Gasteiger partial charge in [0.05, 0.1) is 0 Å². The summed E-state index contributed by atoms with van der Waals surface area (Å²) < 4.78 is 0. The average Bonchev–Trinajstić information content (AvgIpc) is 1.88. The van der Waals surface area contributed by atoms with Gasteiger partial charge in [-0.05, 0) is 11.6 Å². The summed E-state index contributed by atoms with van der Waals surface area (Å²) in [5.74, 6) is 0.